The van der Waals surface area contributed by atoms with Crippen LogP contribution in [0.5, 0.6) is 0 Å². The fourth-order valence-corrected chi connectivity index (χ4v) is 1.61. The minimum atomic E-state index is -4.67. The van der Waals surface area contributed by atoms with E-state index in [1.54, 1.807) is 6.92 Å². The summed E-state index contributed by atoms with van der Waals surface area (Å²) < 4.78 is 62.7. The summed E-state index contributed by atoms with van der Waals surface area (Å²) >= 11 is 0. The van der Waals surface area contributed by atoms with Crippen molar-refractivity contribution in [2.24, 2.45) is 0 Å². The largest absolute Gasteiger partial charge is 0.451 e. The fraction of sp³-hybridized carbons (Fsp3) is 0.357. The van der Waals surface area contributed by atoms with E-state index in [4.69, 9.17) is 0 Å². The van der Waals surface area contributed by atoms with Gasteiger partial charge in [-0.15, -0.1) is 0 Å². The number of halogens is 5. The third kappa shape index (κ3) is 4.19. The monoisotopic (exact) mass is 319 g/mol. The third-order valence-corrected chi connectivity index (χ3v) is 2.52. The first-order valence-electron chi connectivity index (χ1n) is 6.43. The first kappa shape index (κ1) is 17.9. The van der Waals surface area contributed by atoms with Gasteiger partial charge in [-0.25, -0.2) is 18.7 Å². The fourth-order valence-electron chi connectivity index (χ4n) is 1.61. The quantitative estimate of drug-likeness (QED) is 0.744. The van der Waals surface area contributed by atoms with Crippen molar-refractivity contribution in [3.63, 3.8) is 0 Å². The smallest absolute Gasteiger partial charge is 0.261 e. The molecule has 0 unspecified atom stereocenters. The maximum absolute atomic E-state index is 12.9. The topological polar surface area (TPSA) is 38.7 Å². The zero-order chi connectivity index (χ0) is 16.9. The Morgan fingerprint density at radius 2 is 1.50 bits per heavy atom. The van der Waals surface area contributed by atoms with Gasteiger partial charge >= 0.3 is 6.18 Å². The number of hydrogen-bond donors (Lipinski definition) is 0. The van der Waals surface area contributed by atoms with Crippen molar-refractivity contribution in [3.8, 4) is 11.1 Å². The Morgan fingerprint density at radius 1 is 0.955 bits per heavy atom. The average Bonchev–Trinajstić information content (AvgIpc) is 2.48. The number of aromatic nitrogens is 3. The maximum atomic E-state index is 12.9. The minimum Gasteiger partial charge on any atom is -0.261 e. The van der Waals surface area contributed by atoms with Crippen LogP contribution in [-0.2, 0) is 6.18 Å². The Balaban J connectivity index is 0.00000116. The van der Waals surface area contributed by atoms with E-state index < -0.39 is 18.4 Å². The SMILES string of the molecule is CC.Cc1cc(-c2cnc(C(F)(F)F)nc2)c(C(F)F)cn1. The van der Waals surface area contributed by atoms with Crippen LogP contribution in [0.25, 0.3) is 11.1 Å². The molecule has 0 aromatic carbocycles. The minimum absolute atomic E-state index is 0.0706. The molecule has 2 rings (SSSR count). The first-order valence-corrected chi connectivity index (χ1v) is 6.43. The summed E-state index contributed by atoms with van der Waals surface area (Å²) in [5.74, 6) is -1.31. The van der Waals surface area contributed by atoms with Gasteiger partial charge in [0.05, 0.1) is 0 Å². The molecule has 0 aliphatic heterocycles. The number of aryl methyl sites for hydroxylation is 1. The molecule has 0 aliphatic rings. The molecule has 3 nitrogen and oxygen atoms in total. The lowest BCUT2D eigenvalue weighted by molar-refractivity contribution is -0.144. The lowest BCUT2D eigenvalue weighted by atomic mass is 10.0. The van der Waals surface area contributed by atoms with Crippen LogP contribution in [0.3, 0.4) is 0 Å². The normalized spacial score (nSPS) is 11.1. The summed E-state index contributed by atoms with van der Waals surface area (Å²) in [5, 5.41) is 0. The van der Waals surface area contributed by atoms with Crippen LogP contribution in [0.1, 0.15) is 37.4 Å². The molecular formula is C14H14F5N3. The molecule has 0 radical (unpaired) electrons. The van der Waals surface area contributed by atoms with Crippen molar-refractivity contribution in [1.29, 1.82) is 0 Å². The number of rotatable bonds is 2. The van der Waals surface area contributed by atoms with E-state index in [0.717, 1.165) is 18.6 Å². The molecule has 0 atom stereocenters. The number of pyridine rings is 1. The van der Waals surface area contributed by atoms with Gasteiger partial charge < -0.3 is 0 Å². The number of hydrogen-bond acceptors (Lipinski definition) is 3. The zero-order valence-electron chi connectivity index (χ0n) is 12.1. The second-order valence-corrected chi connectivity index (χ2v) is 4.01. The van der Waals surface area contributed by atoms with Crippen LogP contribution in [0, 0.1) is 6.92 Å². The van der Waals surface area contributed by atoms with Crippen molar-refractivity contribution >= 4 is 0 Å². The van der Waals surface area contributed by atoms with Gasteiger partial charge in [-0.05, 0) is 18.6 Å². The molecule has 0 saturated carbocycles. The first-order chi connectivity index (χ1) is 10.3. The molecule has 2 heterocycles. The van der Waals surface area contributed by atoms with Crippen LogP contribution in [0.4, 0.5) is 22.0 Å². The van der Waals surface area contributed by atoms with Crippen LogP contribution in [0.2, 0.25) is 0 Å². The highest BCUT2D eigenvalue weighted by Crippen LogP contribution is 2.32. The molecule has 22 heavy (non-hydrogen) atoms. The summed E-state index contributed by atoms with van der Waals surface area (Å²) in [7, 11) is 0. The van der Waals surface area contributed by atoms with Gasteiger partial charge in [0.1, 0.15) is 0 Å². The Morgan fingerprint density at radius 3 is 1.95 bits per heavy atom. The molecule has 0 bridgehead atoms. The van der Waals surface area contributed by atoms with Crippen molar-refractivity contribution < 1.29 is 22.0 Å². The lowest BCUT2D eigenvalue weighted by Gasteiger charge is -2.10. The highest BCUT2D eigenvalue weighted by molar-refractivity contribution is 5.66. The number of alkyl halides is 5. The molecule has 0 spiro atoms. The van der Waals surface area contributed by atoms with Gasteiger partial charge in [0.15, 0.2) is 0 Å². The molecule has 0 saturated heterocycles. The summed E-state index contributed by atoms with van der Waals surface area (Å²) in [6, 6.07) is 1.35. The second kappa shape index (κ2) is 7.24. The molecule has 8 heteroatoms. The highest BCUT2D eigenvalue weighted by Gasteiger charge is 2.34. The summed E-state index contributed by atoms with van der Waals surface area (Å²) in [4.78, 5) is 10.1. The number of nitrogens with zero attached hydrogens (tertiary/aromatic N) is 3. The van der Waals surface area contributed by atoms with Crippen LogP contribution in [-0.4, -0.2) is 15.0 Å². The van der Waals surface area contributed by atoms with Gasteiger partial charge in [0.2, 0.25) is 5.82 Å². The molecular weight excluding hydrogens is 305 g/mol. The van der Waals surface area contributed by atoms with E-state index in [9.17, 15) is 22.0 Å². The molecule has 0 aliphatic carbocycles. The van der Waals surface area contributed by atoms with Gasteiger partial charge in [-0.2, -0.15) is 13.2 Å². The zero-order valence-corrected chi connectivity index (χ0v) is 12.1. The Kier molecular flexibility index (Phi) is 5.90. The van der Waals surface area contributed by atoms with Gasteiger partial charge in [0.25, 0.3) is 6.43 Å². The summed E-state index contributed by atoms with van der Waals surface area (Å²) in [5.41, 5.74) is 0.239. The van der Waals surface area contributed by atoms with Crippen molar-refractivity contribution in [2.45, 2.75) is 33.4 Å². The van der Waals surface area contributed by atoms with Crippen molar-refractivity contribution in [2.75, 3.05) is 0 Å². The Bertz CT molecular complexity index is 609. The van der Waals surface area contributed by atoms with Crippen molar-refractivity contribution in [1.82, 2.24) is 15.0 Å². The average molecular weight is 319 g/mol. The molecule has 0 amide bonds. The molecule has 120 valence electrons. The standard InChI is InChI=1S/C12H8F5N3.C2H6/c1-6-2-8(9(5-18-6)10(13)14)7-3-19-11(20-4-7)12(15,16)17;1-2/h2-5,10H,1H3;1-2H3. The van der Waals surface area contributed by atoms with E-state index in [-0.39, 0.29) is 16.7 Å². The van der Waals surface area contributed by atoms with E-state index in [1.807, 2.05) is 13.8 Å². The predicted molar refractivity (Wildman–Crippen MR) is 71.3 cm³/mol. The van der Waals surface area contributed by atoms with Gasteiger partial charge in [0, 0.05) is 35.4 Å². The second-order valence-electron chi connectivity index (χ2n) is 4.01. The van der Waals surface area contributed by atoms with E-state index in [0.29, 0.717) is 5.69 Å². The molecule has 0 N–H and O–H groups in total. The van der Waals surface area contributed by atoms with Crippen LogP contribution in [0.15, 0.2) is 24.7 Å². The highest BCUT2D eigenvalue weighted by atomic mass is 19.4. The lowest BCUT2D eigenvalue weighted by Crippen LogP contribution is -2.10. The summed E-state index contributed by atoms with van der Waals surface area (Å²) in [6.07, 6.45) is -4.72. The van der Waals surface area contributed by atoms with Crippen LogP contribution < -0.4 is 0 Å². The molecule has 2 aromatic heterocycles. The van der Waals surface area contributed by atoms with E-state index in [2.05, 4.69) is 15.0 Å². The Labute approximate surface area is 124 Å². The Hall–Kier alpha value is -2.12. The van der Waals surface area contributed by atoms with E-state index >= 15 is 0 Å². The van der Waals surface area contributed by atoms with Gasteiger partial charge in [-0.3, -0.25) is 4.98 Å². The maximum Gasteiger partial charge on any atom is 0.451 e. The van der Waals surface area contributed by atoms with E-state index in [1.165, 1.54) is 6.07 Å². The molecule has 0 fully saturated rings. The summed E-state index contributed by atoms with van der Waals surface area (Å²) in [6.45, 7) is 5.59. The predicted octanol–water partition coefficient (Wildman–Crippen LogP) is 4.83. The van der Waals surface area contributed by atoms with Gasteiger partial charge in [-0.1, -0.05) is 13.8 Å². The van der Waals surface area contributed by atoms with Crippen LogP contribution >= 0.6 is 0 Å². The molecule has 2 aromatic rings. The van der Waals surface area contributed by atoms with Crippen molar-refractivity contribution in [3.05, 3.63) is 41.7 Å². The third-order valence-electron chi connectivity index (χ3n) is 2.52.